The maximum absolute atomic E-state index is 9.39. The minimum absolute atomic E-state index is 0.0443. The van der Waals surface area contributed by atoms with Crippen LogP contribution in [0.3, 0.4) is 0 Å². The van der Waals surface area contributed by atoms with Crippen molar-refractivity contribution in [3.8, 4) is 0 Å². The molecule has 0 saturated heterocycles. The minimum Gasteiger partial charge on any atom is -0.393 e. The average molecular weight is 154 g/mol. The monoisotopic (exact) mass is 154 g/mol. The minimum atomic E-state index is 0.0443. The van der Waals surface area contributed by atoms with E-state index in [4.69, 9.17) is 0 Å². The SMILES string of the molecule is CCC1C[C@@H]2C[C@H](O)C[C@@H]2C1. The summed E-state index contributed by atoms with van der Waals surface area (Å²) in [5.41, 5.74) is 0. The topological polar surface area (TPSA) is 20.2 Å². The summed E-state index contributed by atoms with van der Waals surface area (Å²) in [5, 5.41) is 9.39. The molecule has 1 heteroatoms. The third-order valence-electron chi connectivity index (χ3n) is 3.67. The van der Waals surface area contributed by atoms with E-state index in [0.29, 0.717) is 0 Å². The van der Waals surface area contributed by atoms with Crippen molar-refractivity contribution in [1.82, 2.24) is 0 Å². The molecule has 2 aliphatic rings. The first-order valence-corrected chi connectivity index (χ1v) is 4.97. The second-order valence-electron chi connectivity index (χ2n) is 4.39. The highest BCUT2D eigenvalue weighted by Gasteiger charge is 2.40. The van der Waals surface area contributed by atoms with Gasteiger partial charge >= 0.3 is 0 Å². The quantitative estimate of drug-likeness (QED) is 0.614. The van der Waals surface area contributed by atoms with Crippen LogP contribution < -0.4 is 0 Å². The van der Waals surface area contributed by atoms with E-state index in [-0.39, 0.29) is 6.10 Å². The Labute approximate surface area is 68.8 Å². The fourth-order valence-electron chi connectivity index (χ4n) is 3.04. The van der Waals surface area contributed by atoms with Crippen LogP contribution in [0.25, 0.3) is 0 Å². The Kier molecular flexibility index (Phi) is 1.92. The highest BCUT2D eigenvalue weighted by molar-refractivity contribution is 4.90. The lowest BCUT2D eigenvalue weighted by atomic mass is 10.0. The van der Waals surface area contributed by atoms with Crippen LogP contribution in [-0.4, -0.2) is 11.2 Å². The van der Waals surface area contributed by atoms with Crippen LogP contribution in [0.1, 0.15) is 39.0 Å². The lowest BCUT2D eigenvalue weighted by molar-refractivity contribution is 0.168. The van der Waals surface area contributed by atoms with Crippen molar-refractivity contribution < 1.29 is 5.11 Å². The molecule has 2 saturated carbocycles. The third-order valence-corrected chi connectivity index (χ3v) is 3.67. The molecule has 1 nitrogen and oxygen atoms in total. The smallest absolute Gasteiger partial charge is 0.0545 e. The second-order valence-corrected chi connectivity index (χ2v) is 4.39. The Balaban J connectivity index is 1.93. The second kappa shape index (κ2) is 2.78. The van der Waals surface area contributed by atoms with Crippen molar-refractivity contribution in [3.63, 3.8) is 0 Å². The van der Waals surface area contributed by atoms with E-state index in [9.17, 15) is 5.11 Å². The molecular weight excluding hydrogens is 136 g/mol. The molecule has 0 heterocycles. The van der Waals surface area contributed by atoms with Gasteiger partial charge in [0.15, 0.2) is 0 Å². The Morgan fingerprint density at radius 1 is 1.09 bits per heavy atom. The van der Waals surface area contributed by atoms with E-state index in [1.165, 1.54) is 19.3 Å². The summed E-state index contributed by atoms with van der Waals surface area (Å²) >= 11 is 0. The molecule has 4 atom stereocenters. The van der Waals surface area contributed by atoms with Crippen molar-refractivity contribution in [2.75, 3.05) is 0 Å². The van der Waals surface area contributed by atoms with Crippen molar-refractivity contribution >= 4 is 0 Å². The molecule has 0 aliphatic heterocycles. The van der Waals surface area contributed by atoms with Gasteiger partial charge in [-0.15, -0.1) is 0 Å². The molecule has 1 N–H and O–H groups in total. The number of hydrogen-bond donors (Lipinski definition) is 1. The van der Waals surface area contributed by atoms with E-state index >= 15 is 0 Å². The Hall–Kier alpha value is -0.0400. The van der Waals surface area contributed by atoms with E-state index in [0.717, 1.165) is 30.6 Å². The summed E-state index contributed by atoms with van der Waals surface area (Å²) in [5.74, 6) is 2.75. The first kappa shape index (κ1) is 7.60. The van der Waals surface area contributed by atoms with Gasteiger partial charge in [0.2, 0.25) is 0 Å². The van der Waals surface area contributed by atoms with Gasteiger partial charge in [0.05, 0.1) is 6.10 Å². The fourth-order valence-corrected chi connectivity index (χ4v) is 3.04. The number of aliphatic hydroxyl groups is 1. The molecule has 0 amide bonds. The van der Waals surface area contributed by atoms with Gasteiger partial charge in [0, 0.05) is 0 Å². The summed E-state index contributed by atoms with van der Waals surface area (Å²) in [4.78, 5) is 0. The molecule has 11 heavy (non-hydrogen) atoms. The van der Waals surface area contributed by atoms with Gasteiger partial charge < -0.3 is 5.11 Å². The van der Waals surface area contributed by atoms with Crippen LogP contribution in [0.4, 0.5) is 0 Å². The third kappa shape index (κ3) is 1.31. The van der Waals surface area contributed by atoms with Crippen LogP contribution in [0.2, 0.25) is 0 Å². The van der Waals surface area contributed by atoms with E-state index in [1.54, 1.807) is 0 Å². The van der Waals surface area contributed by atoms with Gasteiger partial charge in [0.25, 0.3) is 0 Å². The molecule has 0 aromatic heterocycles. The van der Waals surface area contributed by atoms with E-state index in [2.05, 4.69) is 6.92 Å². The number of fused-ring (bicyclic) bond motifs is 1. The molecule has 0 bridgehead atoms. The summed E-state index contributed by atoms with van der Waals surface area (Å²) in [7, 11) is 0. The largest absolute Gasteiger partial charge is 0.393 e. The molecule has 2 rings (SSSR count). The maximum atomic E-state index is 9.39. The number of hydrogen-bond acceptors (Lipinski definition) is 1. The highest BCUT2D eigenvalue weighted by Crippen LogP contribution is 2.47. The van der Waals surface area contributed by atoms with Crippen molar-refractivity contribution in [1.29, 1.82) is 0 Å². The standard InChI is InChI=1S/C10H18O/c1-2-7-3-8-5-10(11)6-9(8)4-7/h7-11H,2-6H2,1H3/t7?,8-,9+,10+. The molecule has 0 aromatic rings. The first-order valence-electron chi connectivity index (χ1n) is 4.97. The zero-order valence-corrected chi connectivity index (χ0v) is 7.29. The van der Waals surface area contributed by atoms with Crippen LogP contribution in [0, 0.1) is 17.8 Å². The summed E-state index contributed by atoms with van der Waals surface area (Å²) in [6, 6.07) is 0. The molecule has 0 aromatic carbocycles. The molecule has 0 radical (unpaired) electrons. The summed E-state index contributed by atoms with van der Waals surface area (Å²) < 4.78 is 0. The fraction of sp³-hybridized carbons (Fsp3) is 1.00. The van der Waals surface area contributed by atoms with Gasteiger partial charge in [0.1, 0.15) is 0 Å². The van der Waals surface area contributed by atoms with Gasteiger partial charge in [-0.1, -0.05) is 13.3 Å². The van der Waals surface area contributed by atoms with Crippen molar-refractivity contribution in [3.05, 3.63) is 0 Å². The molecule has 0 spiro atoms. The van der Waals surface area contributed by atoms with E-state index in [1.807, 2.05) is 0 Å². The molecule has 2 aliphatic carbocycles. The predicted octanol–water partition coefficient (Wildman–Crippen LogP) is 2.19. The summed E-state index contributed by atoms with van der Waals surface area (Å²) in [6.45, 7) is 2.29. The zero-order valence-electron chi connectivity index (χ0n) is 7.29. The molecular formula is C10H18O. The maximum Gasteiger partial charge on any atom is 0.0545 e. The van der Waals surface area contributed by atoms with Crippen LogP contribution >= 0.6 is 0 Å². The zero-order chi connectivity index (χ0) is 7.84. The van der Waals surface area contributed by atoms with Crippen molar-refractivity contribution in [2.24, 2.45) is 17.8 Å². The van der Waals surface area contributed by atoms with Gasteiger partial charge in [-0.05, 0) is 43.4 Å². The van der Waals surface area contributed by atoms with Gasteiger partial charge in [-0.2, -0.15) is 0 Å². The Bertz CT molecular complexity index is 130. The first-order chi connectivity index (χ1) is 5.29. The van der Waals surface area contributed by atoms with Crippen LogP contribution in [-0.2, 0) is 0 Å². The Morgan fingerprint density at radius 2 is 1.64 bits per heavy atom. The highest BCUT2D eigenvalue weighted by atomic mass is 16.3. The lowest BCUT2D eigenvalue weighted by Gasteiger charge is -2.08. The van der Waals surface area contributed by atoms with E-state index < -0.39 is 0 Å². The van der Waals surface area contributed by atoms with Gasteiger partial charge in [-0.25, -0.2) is 0 Å². The van der Waals surface area contributed by atoms with Gasteiger partial charge in [-0.3, -0.25) is 0 Å². The normalized spacial score (nSPS) is 49.6. The van der Waals surface area contributed by atoms with Crippen LogP contribution in [0.5, 0.6) is 0 Å². The Morgan fingerprint density at radius 3 is 2.09 bits per heavy atom. The molecule has 64 valence electrons. The summed E-state index contributed by atoms with van der Waals surface area (Å²) in [6.07, 6.45) is 6.39. The molecule has 2 fully saturated rings. The lowest BCUT2D eigenvalue weighted by Crippen LogP contribution is -2.03. The van der Waals surface area contributed by atoms with Crippen LogP contribution in [0.15, 0.2) is 0 Å². The number of aliphatic hydroxyl groups excluding tert-OH is 1. The van der Waals surface area contributed by atoms with Crippen molar-refractivity contribution in [2.45, 2.75) is 45.1 Å². The molecule has 1 unspecified atom stereocenters. The average Bonchev–Trinajstić information content (AvgIpc) is 2.43. The predicted molar refractivity (Wildman–Crippen MR) is 45.2 cm³/mol. The number of rotatable bonds is 1.